The number of carboxylic acid groups (broad SMARTS) is 1. The molecular weight excluding hydrogens is 140 g/mol. The van der Waals surface area contributed by atoms with Crippen LogP contribution in [0.5, 0.6) is 0 Å². The van der Waals surface area contributed by atoms with E-state index in [4.69, 9.17) is 5.11 Å². The van der Waals surface area contributed by atoms with Crippen LogP contribution in [0, 0.1) is 5.92 Å². The summed E-state index contributed by atoms with van der Waals surface area (Å²) in [6.07, 6.45) is 0. The summed E-state index contributed by atoms with van der Waals surface area (Å²) >= 11 is 0. The Morgan fingerprint density at radius 1 is 1.27 bits per heavy atom. The minimum Gasteiger partial charge on any atom is -0.478 e. The van der Waals surface area contributed by atoms with E-state index in [1.165, 1.54) is 0 Å². The molecule has 0 fully saturated rings. The molecule has 0 rings (SSSR count). The SMILES string of the molecule is C.CC(C)=C(C(=O)O)C(C)C. The van der Waals surface area contributed by atoms with Crippen LogP contribution in [-0.2, 0) is 4.79 Å². The van der Waals surface area contributed by atoms with Gasteiger partial charge in [0.25, 0.3) is 0 Å². The van der Waals surface area contributed by atoms with Gasteiger partial charge in [0.05, 0.1) is 0 Å². The predicted molar refractivity (Wildman–Crippen MR) is 47.6 cm³/mol. The third-order valence-corrected chi connectivity index (χ3v) is 1.35. The van der Waals surface area contributed by atoms with Crippen molar-refractivity contribution in [3.05, 3.63) is 11.1 Å². The van der Waals surface area contributed by atoms with E-state index in [0.29, 0.717) is 5.57 Å². The zero-order valence-corrected chi connectivity index (χ0v) is 6.93. The summed E-state index contributed by atoms with van der Waals surface area (Å²) in [7, 11) is 0. The van der Waals surface area contributed by atoms with Gasteiger partial charge in [-0.25, -0.2) is 4.79 Å². The highest BCUT2D eigenvalue weighted by atomic mass is 16.4. The maximum atomic E-state index is 10.5. The lowest BCUT2D eigenvalue weighted by atomic mass is 9.99. The molecule has 0 bridgehead atoms. The lowest BCUT2D eigenvalue weighted by Crippen LogP contribution is -2.08. The third-order valence-electron chi connectivity index (χ3n) is 1.35. The fraction of sp³-hybridized carbons (Fsp3) is 0.667. The second-order valence-corrected chi connectivity index (χ2v) is 2.87. The standard InChI is InChI=1S/C8H14O2.CH4/c1-5(2)7(6(3)4)8(9)10;/h5H,1-4H3,(H,9,10);1H4. The summed E-state index contributed by atoms with van der Waals surface area (Å²) in [4.78, 5) is 10.5. The molecular formula is C9H18O2. The quantitative estimate of drug-likeness (QED) is 0.627. The maximum absolute atomic E-state index is 10.5. The maximum Gasteiger partial charge on any atom is 0.331 e. The molecule has 0 aliphatic heterocycles. The Kier molecular flexibility index (Phi) is 5.77. The van der Waals surface area contributed by atoms with Crippen molar-refractivity contribution in [2.75, 3.05) is 0 Å². The van der Waals surface area contributed by atoms with Crippen LogP contribution in [0.25, 0.3) is 0 Å². The molecule has 0 aliphatic carbocycles. The van der Waals surface area contributed by atoms with Crippen molar-refractivity contribution in [1.82, 2.24) is 0 Å². The van der Waals surface area contributed by atoms with E-state index in [2.05, 4.69) is 0 Å². The molecule has 66 valence electrons. The number of allylic oxidation sites excluding steroid dienone is 1. The Hall–Kier alpha value is -0.790. The molecule has 11 heavy (non-hydrogen) atoms. The van der Waals surface area contributed by atoms with Crippen molar-refractivity contribution in [2.45, 2.75) is 35.1 Å². The van der Waals surface area contributed by atoms with Gasteiger partial charge in [-0.3, -0.25) is 0 Å². The van der Waals surface area contributed by atoms with Crippen molar-refractivity contribution in [3.8, 4) is 0 Å². The number of rotatable bonds is 2. The van der Waals surface area contributed by atoms with E-state index >= 15 is 0 Å². The molecule has 0 spiro atoms. The van der Waals surface area contributed by atoms with Gasteiger partial charge in [-0.05, 0) is 19.8 Å². The van der Waals surface area contributed by atoms with E-state index in [1.807, 2.05) is 27.7 Å². The second kappa shape index (κ2) is 4.94. The van der Waals surface area contributed by atoms with Crippen molar-refractivity contribution in [1.29, 1.82) is 0 Å². The monoisotopic (exact) mass is 158 g/mol. The van der Waals surface area contributed by atoms with Crippen molar-refractivity contribution in [2.24, 2.45) is 5.92 Å². The van der Waals surface area contributed by atoms with Gasteiger partial charge in [0.1, 0.15) is 0 Å². The number of carbonyl (C=O) groups is 1. The van der Waals surface area contributed by atoms with Gasteiger partial charge in [0.15, 0.2) is 0 Å². The first kappa shape index (κ1) is 12.8. The lowest BCUT2D eigenvalue weighted by Gasteiger charge is -2.07. The Bertz CT molecular complexity index is 162. The minimum atomic E-state index is -0.796. The molecule has 0 atom stereocenters. The Balaban J connectivity index is 0. The van der Waals surface area contributed by atoms with Gasteiger partial charge in [0.2, 0.25) is 0 Å². The predicted octanol–water partition coefficient (Wildman–Crippen LogP) is 2.70. The van der Waals surface area contributed by atoms with Crippen LogP contribution in [0.15, 0.2) is 11.1 Å². The summed E-state index contributed by atoms with van der Waals surface area (Å²) in [5.74, 6) is -0.683. The zero-order valence-electron chi connectivity index (χ0n) is 6.93. The number of carboxylic acids is 1. The summed E-state index contributed by atoms with van der Waals surface area (Å²) in [6, 6.07) is 0. The van der Waals surface area contributed by atoms with Crippen molar-refractivity contribution in [3.63, 3.8) is 0 Å². The lowest BCUT2D eigenvalue weighted by molar-refractivity contribution is -0.133. The van der Waals surface area contributed by atoms with Gasteiger partial charge in [-0.15, -0.1) is 0 Å². The van der Waals surface area contributed by atoms with Gasteiger partial charge < -0.3 is 5.11 Å². The summed E-state index contributed by atoms with van der Waals surface area (Å²) in [5.41, 5.74) is 1.42. The van der Waals surface area contributed by atoms with E-state index < -0.39 is 5.97 Å². The fourth-order valence-corrected chi connectivity index (χ4v) is 1.04. The summed E-state index contributed by atoms with van der Waals surface area (Å²) < 4.78 is 0. The van der Waals surface area contributed by atoms with E-state index in [-0.39, 0.29) is 13.3 Å². The second-order valence-electron chi connectivity index (χ2n) is 2.87. The van der Waals surface area contributed by atoms with Gasteiger partial charge in [-0.1, -0.05) is 26.8 Å². The molecule has 0 amide bonds. The molecule has 0 aliphatic rings. The molecule has 0 unspecified atom stereocenters. The van der Waals surface area contributed by atoms with Crippen molar-refractivity contribution < 1.29 is 9.90 Å². The minimum absolute atomic E-state index is 0. The van der Waals surface area contributed by atoms with Crippen LogP contribution in [0.4, 0.5) is 0 Å². The molecule has 2 heteroatoms. The summed E-state index contributed by atoms with van der Waals surface area (Å²) in [5, 5.41) is 8.66. The average Bonchev–Trinajstić information content (AvgIpc) is 1.59. The van der Waals surface area contributed by atoms with Gasteiger partial charge in [-0.2, -0.15) is 0 Å². The van der Waals surface area contributed by atoms with E-state index in [0.717, 1.165) is 5.57 Å². The molecule has 0 saturated carbocycles. The Labute approximate surface area is 68.9 Å². The first-order chi connectivity index (χ1) is 4.46. The number of hydrogen-bond donors (Lipinski definition) is 1. The molecule has 0 aromatic rings. The Morgan fingerprint density at radius 2 is 1.64 bits per heavy atom. The molecule has 0 aromatic carbocycles. The van der Waals surface area contributed by atoms with E-state index in [1.54, 1.807) is 0 Å². The summed E-state index contributed by atoms with van der Waals surface area (Å²) in [6.45, 7) is 7.42. The van der Waals surface area contributed by atoms with Crippen LogP contribution in [0.1, 0.15) is 35.1 Å². The molecule has 0 saturated heterocycles. The number of aliphatic carboxylic acids is 1. The first-order valence-electron chi connectivity index (χ1n) is 3.37. The molecule has 0 heterocycles. The number of hydrogen-bond acceptors (Lipinski definition) is 1. The van der Waals surface area contributed by atoms with Gasteiger partial charge >= 0.3 is 5.97 Å². The molecule has 0 radical (unpaired) electrons. The van der Waals surface area contributed by atoms with E-state index in [9.17, 15) is 4.79 Å². The normalized spacial score (nSPS) is 8.82. The van der Waals surface area contributed by atoms with Crippen LogP contribution in [-0.4, -0.2) is 11.1 Å². The highest BCUT2D eigenvalue weighted by Crippen LogP contribution is 2.13. The van der Waals surface area contributed by atoms with Gasteiger partial charge in [0, 0.05) is 5.57 Å². The van der Waals surface area contributed by atoms with Crippen molar-refractivity contribution >= 4 is 5.97 Å². The largest absolute Gasteiger partial charge is 0.478 e. The van der Waals surface area contributed by atoms with Crippen LogP contribution in [0.2, 0.25) is 0 Å². The van der Waals surface area contributed by atoms with Crippen LogP contribution >= 0.6 is 0 Å². The topological polar surface area (TPSA) is 37.3 Å². The highest BCUT2D eigenvalue weighted by Gasteiger charge is 2.12. The molecule has 2 nitrogen and oxygen atoms in total. The fourth-order valence-electron chi connectivity index (χ4n) is 1.04. The third kappa shape index (κ3) is 3.81. The highest BCUT2D eigenvalue weighted by molar-refractivity contribution is 5.87. The molecule has 1 N–H and O–H groups in total. The van der Waals surface area contributed by atoms with Crippen LogP contribution < -0.4 is 0 Å². The Morgan fingerprint density at radius 3 is 1.64 bits per heavy atom. The smallest absolute Gasteiger partial charge is 0.331 e. The average molecular weight is 158 g/mol. The van der Waals surface area contributed by atoms with Crippen LogP contribution in [0.3, 0.4) is 0 Å². The first-order valence-corrected chi connectivity index (χ1v) is 3.37. The molecule has 0 aromatic heterocycles. The zero-order chi connectivity index (χ0) is 8.31.